The molecule has 2 aromatic heterocycles. The van der Waals surface area contributed by atoms with Gasteiger partial charge in [0.2, 0.25) is 5.88 Å². The van der Waals surface area contributed by atoms with Crippen LogP contribution in [-0.2, 0) is 13.2 Å². The maximum absolute atomic E-state index is 13.0. The second kappa shape index (κ2) is 7.49. The Kier molecular flexibility index (Phi) is 5.62. The molecule has 24 heavy (non-hydrogen) atoms. The van der Waals surface area contributed by atoms with Gasteiger partial charge in [-0.15, -0.1) is 19.0 Å². The Hall–Kier alpha value is -2.33. The third kappa shape index (κ3) is 3.29. The van der Waals surface area contributed by atoms with E-state index in [1.54, 1.807) is 18.3 Å². The number of aromatic nitrogens is 2. The Balaban J connectivity index is 0.00000208. The molecular formula is C19H20ClFN2O. The van der Waals surface area contributed by atoms with Gasteiger partial charge < -0.3 is 9.30 Å². The van der Waals surface area contributed by atoms with E-state index in [9.17, 15) is 4.39 Å². The van der Waals surface area contributed by atoms with Crippen molar-refractivity contribution in [1.82, 2.24) is 9.55 Å². The summed E-state index contributed by atoms with van der Waals surface area (Å²) in [6.45, 7) is 9.07. The summed E-state index contributed by atoms with van der Waals surface area (Å²) in [5, 5.41) is 1.13. The van der Waals surface area contributed by atoms with Crippen LogP contribution in [0.15, 0.2) is 49.2 Å². The second-order valence-electron chi connectivity index (χ2n) is 5.54. The number of fused-ring (bicyclic) bond motifs is 1. The lowest BCUT2D eigenvalue weighted by Gasteiger charge is -2.10. The predicted octanol–water partition coefficient (Wildman–Crippen LogP) is 4.98. The number of rotatable bonds is 5. The fourth-order valence-electron chi connectivity index (χ4n) is 2.76. The van der Waals surface area contributed by atoms with Gasteiger partial charge in [0.25, 0.3) is 0 Å². The molecule has 0 fully saturated rings. The molecule has 0 saturated heterocycles. The number of hydrogen-bond acceptors (Lipinski definition) is 2. The number of halogens is 2. The molecule has 0 radical (unpaired) electrons. The number of nitrogens with zero attached hydrogens (tertiary/aromatic N) is 2. The third-order valence-electron chi connectivity index (χ3n) is 4.11. The van der Waals surface area contributed by atoms with E-state index in [2.05, 4.69) is 30.0 Å². The SMILES string of the molecule is C=CCn1c(C)c(C)c2ccnc(OCc3ccc(F)cc3)c21.Cl. The van der Waals surface area contributed by atoms with Crippen molar-refractivity contribution in [2.75, 3.05) is 0 Å². The van der Waals surface area contributed by atoms with E-state index in [1.165, 1.54) is 23.4 Å². The molecule has 0 amide bonds. The number of benzene rings is 1. The van der Waals surface area contributed by atoms with Crippen molar-refractivity contribution < 1.29 is 9.13 Å². The van der Waals surface area contributed by atoms with Crippen molar-refractivity contribution in [3.05, 3.63) is 71.8 Å². The number of ether oxygens (including phenoxy) is 1. The highest BCUT2D eigenvalue weighted by Gasteiger charge is 2.15. The van der Waals surface area contributed by atoms with Gasteiger partial charge in [0.05, 0.1) is 0 Å². The molecule has 0 saturated carbocycles. The van der Waals surface area contributed by atoms with Crippen molar-refractivity contribution in [2.24, 2.45) is 0 Å². The van der Waals surface area contributed by atoms with Gasteiger partial charge in [0, 0.05) is 23.8 Å². The molecule has 0 aliphatic rings. The Labute approximate surface area is 147 Å². The maximum atomic E-state index is 13.0. The van der Waals surface area contributed by atoms with Crippen LogP contribution in [0, 0.1) is 19.7 Å². The molecule has 0 bridgehead atoms. The first-order valence-corrected chi connectivity index (χ1v) is 7.54. The minimum atomic E-state index is -0.250. The number of aryl methyl sites for hydroxylation is 1. The monoisotopic (exact) mass is 346 g/mol. The summed E-state index contributed by atoms with van der Waals surface area (Å²) in [6, 6.07) is 8.30. The molecule has 0 spiro atoms. The highest BCUT2D eigenvalue weighted by atomic mass is 35.5. The fraction of sp³-hybridized carbons (Fsp3) is 0.211. The predicted molar refractivity (Wildman–Crippen MR) is 97.4 cm³/mol. The zero-order valence-corrected chi connectivity index (χ0v) is 14.6. The van der Waals surface area contributed by atoms with Gasteiger partial charge in [-0.1, -0.05) is 18.2 Å². The molecule has 1 aromatic carbocycles. The summed E-state index contributed by atoms with van der Waals surface area (Å²) < 4.78 is 21.0. The Morgan fingerprint density at radius 2 is 1.92 bits per heavy atom. The molecule has 0 N–H and O–H groups in total. The van der Waals surface area contributed by atoms with Gasteiger partial charge in [0.1, 0.15) is 17.9 Å². The minimum Gasteiger partial charge on any atom is -0.471 e. The lowest BCUT2D eigenvalue weighted by molar-refractivity contribution is 0.296. The average molecular weight is 347 g/mol. The summed E-state index contributed by atoms with van der Waals surface area (Å²) >= 11 is 0. The summed E-state index contributed by atoms with van der Waals surface area (Å²) in [7, 11) is 0. The molecule has 3 aromatic rings. The van der Waals surface area contributed by atoms with Crippen LogP contribution in [0.2, 0.25) is 0 Å². The fourth-order valence-corrected chi connectivity index (χ4v) is 2.76. The quantitative estimate of drug-likeness (QED) is 0.609. The normalized spacial score (nSPS) is 10.5. The molecule has 0 unspecified atom stereocenters. The first kappa shape index (κ1) is 18.0. The second-order valence-corrected chi connectivity index (χ2v) is 5.54. The van der Waals surface area contributed by atoms with Crippen molar-refractivity contribution in [3.8, 4) is 5.88 Å². The molecule has 5 heteroatoms. The van der Waals surface area contributed by atoms with Crippen molar-refractivity contribution in [3.63, 3.8) is 0 Å². The van der Waals surface area contributed by atoms with Crippen molar-refractivity contribution >= 4 is 23.3 Å². The van der Waals surface area contributed by atoms with Gasteiger partial charge in [-0.2, -0.15) is 0 Å². The lowest BCUT2D eigenvalue weighted by Crippen LogP contribution is -2.02. The van der Waals surface area contributed by atoms with Gasteiger partial charge >= 0.3 is 0 Å². The van der Waals surface area contributed by atoms with Crippen LogP contribution in [0.5, 0.6) is 5.88 Å². The minimum absolute atomic E-state index is 0. The van der Waals surface area contributed by atoms with E-state index in [4.69, 9.17) is 4.74 Å². The summed E-state index contributed by atoms with van der Waals surface area (Å²) in [5.41, 5.74) is 4.28. The molecule has 3 rings (SSSR count). The van der Waals surface area contributed by atoms with Crippen LogP contribution in [0.25, 0.3) is 10.9 Å². The number of allylic oxidation sites excluding steroid dienone is 1. The van der Waals surface area contributed by atoms with E-state index in [-0.39, 0.29) is 18.2 Å². The summed E-state index contributed by atoms with van der Waals surface area (Å²) in [4.78, 5) is 4.39. The molecule has 0 aliphatic heterocycles. The van der Waals surface area contributed by atoms with Gasteiger partial charge in [0.15, 0.2) is 0 Å². The summed E-state index contributed by atoms with van der Waals surface area (Å²) in [5.74, 6) is 0.338. The highest BCUT2D eigenvalue weighted by molar-refractivity contribution is 5.88. The van der Waals surface area contributed by atoms with E-state index >= 15 is 0 Å². The largest absolute Gasteiger partial charge is 0.471 e. The molecule has 2 heterocycles. The van der Waals surface area contributed by atoms with Crippen LogP contribution in [0.3, 0.4) is 0 Å². The van der Waals surface area contributed by atoms with Crippen LogP contribution in [-0.4, -0.2) is 9.55 Å². The third-order valence-corrected chi connectivity index (χ3v) is 4.11. The van der Waals surface area contributed by atoms with Gasteiger partial charge in [-0.3, -0.25) is 0 Å². The number of pyridine rings is 1. The molecular weight excluding hydrogens is 327 g/mol. The first-order valence-electron chi connectivity index (χ1n) is 7.54. The zero-order valence-electron chi connectivity index (χ0n) is 13.8. The first-order chi connectivity index (χ1) is 11.1. The Morgan fingerprint density at radius 1 is 1.21 bits per heavy atom. The van der Waals surface area contributed by atoms with E-state index in [0.717, 1.165) is 16.5 Å². The Morgan fingerprint density at radius 3 is 2.58 bits per heavy atom. The van der Waals surface area contributed by atoms with Gasteiger partial charge in [-0.25, -0.2) is 9.37 Å². The van der Waals surface area contributed by atoms with E-state index < -0.39 is 0 Å². The molecule has 126 valence electrons. The van der Waals surface area contributed by atoms with E-state index in [0.29, 0.717) is 19.0 Å². The molecule has 0 aliphatic carbocycles. The molecule has 0 atom stereocenters. The standard InChI is InChI=1S/C19H19FN2O.ClH/c1-4-11-22-14(3)13(2)17-9-10-21-19(18(17)22)23-12-15-5-7-16(20)8-6-15;/h4-10H,1,11-12H2,2-3H3;1H. The smallest absolute Gasteiger partial charge is 0.238 e. The molecule has 3 nitrogen and oxygen atoms in total. The van der Waals surface area contributed by atoms with Gasteiger partial charge in [-0.05, 0) is 43.2 Å². The van der Waals surface area contributed by atoms with Crippen molar-refractivity contribution in [2.45, 2.75) is 27.0 Å². The van der Waals surface area contributed by atoms with Crippen LogP contribution in [0.4, 0.5) is 4.39 Å². The highest BCUT2D eigenvalue weighted by Crippen LogP contribution is 2.31. The number of hydrogen-bond donors (Lipinski definition) is 0. The maximum Gasteiger partial charge on any atom is 0.238 e. The van der Waals surface area contributed by atoms with Crippen LogP contribution in [0.1, 0.15) is 16.8 Å². The van der Waals surface area contributed by atoms with Crippen molar-refractivity contribution in [1.29, 1.82) is 0 Å². The van der Waals surface area contributed by atoms with Crippen LogP contribution >= 0.6 is 12.4 Å². The topological polar surface area (TPSA) is 27.1 Å². The van der Waals surface area contributed by atoms with Crippen LogP contribution < -0.4 is 4.74 Å². The Bertz CT molecular complexity index is 856. The lowest BCUT2D eigenvalue weighted by atomic mass is 10.2. The zero-order chi connectivity index (χ0) is 16.4. The summed E-state index contributed by atoms with van der Waals surface area (Å²) in [6.07, 6.45) is 3.62. The average Bonchev–Trinajstić information content (AvgIpc) is 2.80. The van der Waals surface area contributed by atoms with E-state index in [1.807, 2.05) is 12.1 Å².